The van der Waals surface area contributed by atoms with Crippen molar-refractivity contribution in [3.63, 3.8) is 0 Å². The summed E-state index contributed by atoms with van der Waals surface area (Å²) >= 11 is 0. The molecule has 0 aliphatic heterocycles. The van der Waals surface area contributed by atoms with Crippen LogP contribution in [0.1, 0.15) is 0 Å². The highest BCUT2D eigenvalue weighted by molar-refractivity contribution is 6.31. The van der Waals surface area contributed by atoms with Gasteiger partial charge in [-0.3, -0.25) is 4.57 Å². The summed E-state index contributed by atoms with van der Waals surface area (Å²) in [5, 5.41) is 4.84. The van der Waals surface area contributed by atoms with Gasteiger partial charge in [0.1, 0.15) is 5.82 Å². The van der Waals surface area contributed by atoms with Crippen molar-refractivity contribution < 1.29 is 0 Å². The van der Waals surface area contributed by atoms with Crippen LogP contribution in [0.15, 0.2) is 194 Å². The lowest BCUT2D eigenvalue weighted by Gasteiger charge is -2.13. The normalized spacial score (nSPS) is 11.8. The summed E-state index contributed by atoms with van der Waals surface area (Å²) in [7, 11) is 0. The fourth-order valence-corrected chi connectivity index (χ4v) is 8.40. The van der Waals surface area contributed by atoms with Crippen molar-refractivity contribution >= 4 is 54.6 Å². The Morgan fingerprint density at radius 3 is 1.45 bits per heavy atom. The molecule has 0 atom stereocenters. The van der Waals surface area contributed by atoms with Gasteiger partial charge in [0.25, 0.3) is 0 Å². The minimum absolute atomic E-state index is 0.887. The summed E-state index contributed by atoms with van der Waals surface area (Å²) in [4.78, 5) is 5.42. The molecule has 248 valence electrons. The Labute approximate surface area is 306 Å². The topological polar surface area (TPSA) is 27.7 Å². The molecular weight excluding hydrogens is 645 g/mol. The average molecular weight is 677 g/mol. The van der Waals surface area contributed by atoms with E-state index in [1.54, 1.807) is 0 Å². The van der Waals surface area contributed by atoms with Gasteiger partial charge in [-0.2, -0.15) is 0 Å². The van der Waals surface area contributed by atoms with Gasteiger partial charge < -0.3 is 9.13 Å². The molecule has 53 heavy (non-hydrogen) atoms. The molecule has 11 aromatic rings. The zero-order valence-electron chi connectivity index (χ0n) is 28.8. The van der Waals surface area contributed by atoms with Crippen LogP contribution >= 0.6 is 0 Å². The van der Waals surface area contributed by atoms with Crippen LogP contribution in [0.25, 0.3) is 94.2 Å². The lowest BCUT2D eigenvalue weighted by Crippen LogP contribution is -2.00. The molecule has 4 heteroatoms. The third-order valence-electron chi connectivity index (χ3n) is 10.6. The van der Waals surface area contributed by atoms with Crippen LogP contribution in [0.3, 0.4) is 0 Å². The van der Waals surface area contributed by atoms with Gasteiger partial charge in [0.15, 0.2) is 0 Å². The van der Waals surface area contributed by atoms with Gasteiger partial charge >= 0.3 is 0 Å². The van der Waals surface area contributed by atoms with Crippen molar-refractivity contribution in [3.05, 3.63) is 194 Å². The fourth-order valence-electron chi connectivity index (χ4n) is 8.40. The molecule has 0 spiro atoms. The highest BCUT2D eigenvalue weighted by Gasteiger charge is 2.26. The van der Waals surface area contributed by atoms with Gasteiger partial charge in [-0.15, -0.1) is 0 Å². The molecule has 0 saturated heterocycles. The molecule has 0 radical (unpaired) electrons. The standard InChI is InChI=1S/C49H32N4/c1-5-17-33(18-6-1)35-31-40(34-19-7-2-8-20-34)50-45(32-35)53-41-27-15-13-25-38(41)46-43(53)29-30-44-47(46)49-48(52(44)37-23-11-4-12-24-37)39-26-14-16-28-42(39)51(49)36-21-9-3-10-22-36/h1-32H. The van der Waals surface area contributed by atoms with E-state index < -0.39 is 0 Å². The first-order chi connectivity index (χ1) is 26.3. The van der Waals surface area contributed by atoms with E-state index in [4.69, 9.17) is 4.98 Å². The van der Waals surface area contributed by atoms with Gasteiger partial charge in [0.2, 0.25) is 0 Å². The van der Waals surface area contributed by atoms with Crippen molar-refractivity contribution in [1.82, 2.24) is 18.7 Å². The lowest BCUT2D eigenvalue weighted by molar-refractivity contribution is 1.08. The van der Waals surface area contributed by atoms with Crippen LogP contribution in [0.4, 0.5) is 0 Å². The molecular formula is C49H32N4. The van der Waals surface area contributed by atoms with E-state index >= 15 is 0 Å². The lowest BCUT2D eigenvalue weighted by atomic mass is 10.0. The number of aromatic nitrogens is 4. The zero-order chi connectivity index (χ0) is 34.9. The van der Waals surface area contributed by atoms with Crippen LogP contribution in [0, 0.1) is 0 Å². The van der Waals surface area contributed by atoms with Crippen LogP contribution < -0.4 is 0 Å². The Morgan fingerprint density at radius 2 is 0.811 bits per heavy atom. The Balaban J connectivity index is 1.33. The summed E-state index contributed by atoms with van der Waals surface area (Å²) in [6, 6.07) is 69.3. The Bertz CT molecular complexity index is 3040. The zero-order valence-corrected chi connectivity index (χ0v) is 28.8. The van der Waals surface area contributed by atoms with Crippen molar-refractivity contribution in [2.75, 3.05) is 0 Å². The molecule has 0 amide bonds. The van der Waals surface area contributed by atoms with Gasteiger partial charge in [0, 0.05) is 38.5 Å². The maximum absolute atomic E-state index is 5.42. The van der Waals surface area contributed by atoms with Gasteiger partial charge in [-0.25, -0.2) is 4.98 Å². The monoisotopic (exact) mass is 676 g/mol. The molecule has 0 unspecified atom stereocenters. The smallest absolute Gasteiger partial charge is 0.138 e. The molecule has 0 aliphatic rings. The van der Waals surface area contributed by atoms with Crippen molar-refractivity contribution in [2.24, 2.45) is 0 Å². The number of fused-ring (bicyclic) bond motifs is 9. The number of pyridine rings is 1. The first kappa shape index (κ1) is 29.5. The molecule has 4 nitrogen and oxygen atoms in total. The summed E-state index contributed by atoms with van der Waals surface area (Å²) in [5.41, 5.74) is 13.6. The first-order valence-corrected chi connectivity index (χ1v) is 18.1. The van der Waals surface area contributed by atoms with Gasteiger partial charge in [0.05, 0.1) is 38.8 Å². The highest BCUT2D eigenvalue weighted by atomic mass is 15.1. The number of para-hydroxylation sites is 4. The second-order valence-corrected chi connectivity index (χ2v) is 13.6. The van der Waals surface area contributed by atoms with E-state index in [0.717, 1.165) is 50.6 Å². The first-order valence-electron chi connectivity index (χ1n) is 18.1. The number of hydrogen-bond acceptors (Lipinski definition) is 1. The number of benzene rings is 7. The summed E-state index contributed by atoms with van der Waals surface area (Å²) < 4.78 is 7.28. The predicted molar refractivity (Wildman–Crippen MR) is 221 cm³/mol. The number of rotatable bonds is 5. The van der Waals surface area contributed by atoms with Crippen LogP contribution in [0.5, 0.6) is 0 Å². The third kappa shape index (κ3) is 4.46. The summed E-state index contributed by atoms with van der Waals surface area (Å²) in [5.74, 6) is 0.887. The number of nitrogens with zero attached hydrogens (tertiary/aromatic N) is 4. The molecule has 11 rings (SSSR count). The van der Waals surface area contributed by atoms with E-state index in [2.05, 4.69) is 208 Å². The second-order valence-electron chi connectivity index (χ2n) is 13.6. The van der Waals surface area contributed by atoms with Crippen molar-refractivity contribution in [3.8, 4) is 39.6 Å². The van der Waals surface area contributed by atoms with E-state index in [-0.39, 0.29) is 0 Å². The van der Waals surface area contributed by atoms with Crippen molar-refractivity contribution in [1.29, 1.82) is 0 Å². The molecule has 4 heterocycles. The van der Waals surface area contributed by atoms with E-state index in [1.807, 2.05) is 0 Å². The van der Waals surface area contributed by atoms with E-state index in [9.17, 15) is 0 Å². The van der Waals surface area contributed by atoms with Crippen LogP contribution in [0.2, 0.25) is 0 Å². The second kappa shape index (κ2) is 11.7. The Kier molecular flexibility index (Phi) is 6.52. The molecule has 0 fully saturated rings. The molecule has 7 aromatic carbocycles. The molecule has 0 aliphatic carbocycles. The molecule has 0 N–H and O–H groups in total. The Morgan fingerprint density at radius 1 is 0.321 bits per heavy atom. The quantitative estimate of drug-likeness (QED) is 0.178. The van der Waals surface area contributed by atoms with Gasteiger partial charge in [-0.05, 0) is 71.8 Å². The van der Waals surface area contributed by atoms with E-state index in [0.29, 0.717) is 0 Å². The maximum Gasteiger partial charge on any atom is 0.138 e. The minimum atomic E-state index is 0.887. The molecule has 0 saturated carbocycles. The summed E-state index contributed by atoms with van der Waals surface area (Å²) in [6.07, 6.45) is 0. The highest BCUT2D eigenvalue weighted by Crippen LogP contribution is 2.46. The van der Waals surface area contributed by atoms with Crippen molar-refractivity contribution in [2.45, 2.75) is 0 Å². The number of hydrogen-bond donors (Lipinski definition) is 0. The molecule has 4 aromatic heterocycles. The molecule has 0 bridgehead atoms. The predicted octanol–water partition coefficient (Wildman–Crippen LogP) is 12.6. The van der Waals surface area contributed by atoms with Crippen LogP contribution in [-0.4, -0.2) is 18.7 Å². The maximum atomic E-state index is 5.42. The Hall–Kier alpha value is -7.17. The minimum Gasteiger partial charge on any atom is -0.307 e. The largest absolute Gasteiger partial charge is 0.307 e. The van der Waals surface area contributed by atoms with E-state index in [1.165, 1.54) is 43.6 Å². The van der Waals surface area contributed by atoms with Crippen LogP contribution in [-0.2, 0) is 0 Å². The third-order valence-corrected chi connectivity index (χ3v) is 10.6. The average Bonchev–Trinajstić information content (AvgIpc) is 3.87. The SMILES string of the molecule is c1ccc(-c2cc(-c3ccccc3)nc(-n3c4ccccc4c4c5c(ccc43)n(-c3ccccc3)c3c4ccccc4n(-c4ccccc4)c53)c2)cc1. The van der Waals surface area contributed by atoms with Gasteiger partial charge in [-0.1, -0.05) is 133 Å². The fraction of sp³-hybridized carbons (Fsp3) is 0. The summed E-state index contributed by atoms with van der Waals surface area (Å²) in [6.45, 7) is 0.